The molecule has 1 aromatic carbocycles. The van der Waals surface area contributed by atoms with Gasteiger partial charge in [0.1, 0.15) is 23.3 Å². The van der Waals surface area contributed by atoms with Crippen LogP contribution in [0.5, 0.6) is 5.75 Å². The van der Waals surface area contributed by atoms with Gasteiger partial charge in [0.25, 0.3) is 11.7 Å². The lowest BCUT2D eigenvalue weighted by molar-refractivity contribution is -0.140. The minimum atomic E-state index is -0.780. The number of rotatable bonds is 7. The molecule has 32 heavy (non-hydrogen) atoms. The molecule has 1 amide bonds. The van der Waals surface area contributed by atoms with E-state index < -0.39 is 17.7 Å². The van der Waals surface area contributed by atoms with E-state index in [9.17, 15) is 14.7 Å². The van der Waals surface area contributed by atoms with Crippen LogP contribution in [-0.4, -0.2) is 72.1 Å². The average molecular weight is 440 g/mol. The van der Waals surface area contributed by atoms with Gasteiger partial charge in [0.2, 0.25) is 0 Å². The molecule has 170 valence electrons. The Balaban J connectivity index is 1.64. The van der Waals surface area contributed by atoms with Gasteiger partial charge in [-0.1, -0.05) is 0 Å². The van der Waals surface area contributed by atoms with Crippen molar-refractivity contribution in [1.29, 1.82) is 0 Å². The molecule has 1 unspecified atom stereocenters. The van der Waals surface area contributed by atoms with E-state index in [0.29, 0.717) is 43.4 Å². The third-order valence-electron chi connectivity index (χ3n) is 5.61. The fourth-order valence-electron chi connectivity index (χ4n) is 4.05. The second-order valence-corrected chi connectivity index (χ2v) is 8.15. The first-order chi connectivity index (χ1) is 15.5. The largest absolute Gasteiger partial charge is 0.507 e. The number of ether oxygens (including phenoxy) is 2. The van der Waals surface area contributed by atoms with Crippen LogP contribution in [0.15, 0.2) is 52.7 Å². The Bertz CT molecular complexity index is 974. The average Bonchev–Trinajstić information content (AvgIpc) is 3.40. The fraction of sp³-hybridized carbons (Fsp3) is 0.417. The highest BCUT2D eigenvalue weighted by Crippen LogP contribution is 2.39. The van der Waals surface area contributed by atoms with Gasteiger partial charge in [-0.3, -0.25) is 14.5 Å². The Labute approximate surface area is 187 Å². The van der Waals surface area contributed by atoms with Crippen molar-refractivity contribution in [2.75, 3.05) is 39.4 Å². The van der Waals surface area contributed by atoms with E-state index >= 15 is 0 Å². The van der Waals surface area contributed by atoms with Crippen molar-refractivity contribution in [3.05, 3.63) is 59.6 Å². The molecule has 2 saturated heterocycles. The highest BCUT2D eigenvalue weighted by atomic mass is 16.5. The molecule has 4 rings (SSSR count). The van der Waals surface area contributed by atoms with Crippen molar-refractivity contribution in [3.63, 3.8) is 0 Å². The smallest absolute Gasteiger partial charge is 0.295 e. The number of Topliss-reactive ketones (excluding diaryl/α,β-unsaturated/α-hetero) is 1. The summed E-state index contributed by atoms with van der Waals surface area (Å²) in [5.74, 6) is -0.485. The van der Waals surface area contributed by atoms with Gasteiger partial charge in [0, 0.05) is 31.7 Å². The molecule has 3 heterocycles. The molecular weight excluding hydrogens is 412 g/mol. The molecule has 1 aromatic heterocycles. The van der Waals surface area contributed by atoms with E-state index in [0.717, 1.165) is 13.1 Å². The van der Waals surface area contributed by atoms with E-state index in [1.54, 1.807) is 36.4 Å². The number of carbonyl (C=O) groups excluding carboxylic acids is 2. The number of amides is 1. The number of hydrogen-bond donors (Lipinski definition) is 1. The maximum atomic E-state index is 13.0. The molecule has 0 saturated carbocycles. The van der Waals surface area contributed by atoms with Gasteiger partial charge in [-0.2, -0.15) is 0 Å². The van der Waals surface area contributed by atoms with Crippen LogP contribution in [0.1, 0.15) is 31.2 Å². The summed E-state index contributed by atoms with van der Waals surface area (Å²) in [5.41, 5.74) is 0.466. The highest BCUT2D eigenvalue weighted by Gasteiger charge is 2.47. The Morgan fingerprint density at radius 2 is 1.84 bits per heavy atom. The summed E-state index contributed by atoms with van der Waals surface area (Å²) >= 11 is 0. The molecule has 0 bridgehead atoms. The number of morpholine rings is 1. The Morgan fingerprint density at radius 3 is 2.47 bits per heavy atom. The van der Waals surface area contributed by atoms with Crippen LogP contribution < -0.4 is 4.74 Å². The van der Waals surface area contributed by atoms with Crippen LogP contribution in [0.25, 0.3) is 5.76 Å². The van der Waals surface area contributed by atoms with Crippen LogP contribution in [0.4, 0.5) is 0 Å². The lowest BCUT2D eigenvalue weighted by Crippen LogP contribution is -2.42. The number of ketones is 1. The summed E-state index contributed by atoms with van der Waals surface area (Å²) in [4.78, 5) is 29.6. The lowest BCUT2D eigenvalue weighted by Gasteiger charge is -2.30. The van der Waals surface area contributed by atoms with Crippen molar-refractivity contribution in [2.24, 2.45) is 0 Å². The van der Waals surface area contributed by atoms with E-state index in [-0.39, 0.29) is 17.4 Å². The monoisotopic (exact) mass is 440 g/mol. The number of nitrogens with zero attached hydrogens (tertiary/aromatic N) is 2. The molecule has 2 fully saturated rings. The van der Waals surface area contributed by atoms with E-state index in [1.165, 1.54) is 11.2 Å². The molecule has 1 atom stereocenters. The first kappa shape index (κ1) is 22.1. The van der Waals surface area contributed by atoms with E-state index in [4.69, 9.17) is 13.9 Å². The number of benzene rings is 1. The second kappa shape index (κ2) is 9.58. The maximum Gasteiger partial charge on any atom is 0.295 e. The molecule has 2 aliphatic heterocycles. The van der Waals surface area contributed by atoms with Gasteiger partial charge in [0.05, 0.1) is 31.2 Å². The number of aliphatic hydroxyl groups excluding tert-OH is 1. The zero-order chi connectivity index (χ0) is 22.7. The summed E-state index contributed by atoms with van der Waals surface area (Å²) in [7, 11) is 0. The van der Waals surface area contributed by atoms with E-state index in [2.05, 4.69) is 4.90 Å². The molecular formula is C24H28N2O6. The predicted molar refractivity (Wildman–Crippen MR) is 117 cm³/mol. The normalized spacial score (nSPS) is 21.5. The molecule has 0 radical (unpaired) electrons. The van der Waals surface area contributed by atoms with Crippen LogP contribution in [0, 0.1) is 0 Å². The van der Waals surface area contributed by atoms with Crippen molar-refractivity contribution in [3.8, 4) is 5.75 Å². The zero-order valence-electron chi connectivity index (χ0n) is 18.3. The zero-order valence-corrected chi connectivity index (χ0v) is 18.3. The SMILES string of the molecule is CC(C)Oc1ccc(C(O)=C2C(=O)C(=O)N(CCN3CCOCC3)C2c2ccco2)cc1. The third kappa shape index (κ3) is 4.56. The van der Waals surface area contributed by atoms with Crippen LogP contribution in [0.3, 0.4) is 0 Å². The van der Waals surface area contributed by atoms with Gasteiger partial charge >= 0.3 is 0 Å². The maximum absolute atomic E-state index is 13.0. The first-order valence-corrected chi connectivity index (χ1v) is 10.8. The molecule has 1 N–H and O–H groups in total. The fourth-order valence-corrected chi connectivity index (χ4v) is 4.05. The summed E-state index contributed by atoms with van der Waals surface area (Å²) in [6.07, 6.45) is 1.51. The number of furan rings is 1. The Morgan fingerprint density at radius 1 is 1.12 bits per heavy atom. The predicted octanol–water partition coefficient (Wildman–Crippen LogP) is 2.82. The molecule has 2 aromatic rings. The van der Waals surface area contributed by atoms with Gasteiger partial charge in [-0.25, -0.2) is 0 Å². The van der Waals surface area contributed by atoms with Crippen molar-refractivity contribution >= 4 is 17.4 Å². The lowest BCUT2D eigenvalue weighted by atomic mass is 9.99. The summed E-state index contributed by atoms with van der Waals surface area (Å²) < 4.78 is 16.6. The van der Waals surface area contributed by atoms with Gasteiger partial charge in [0.15, 0.2) is 0 Å². The second-order valence-electron chi connectivity index (χ2n) is 8.15. The van der Waals surface area contributed by atoms with Gasteiger partial charge < -0.3 is 23.9 Å². The first-order valence-electron chi connectivity index (χ1n) is 10.8. The van der Waals surface area contributed by atoms with E-state index in [1.807, 2.05) is 13.8 Å². The summed E-state index contributed by atoms with van der Waals surface area (Å²) in [6.45, 7) is 7.65. The number of likely N-dealkylation sites (tertiary alicyclic amines) is 1. The minimum absolute atomic E-state index is 0.0187. The number of hydrogen-bond acceptors (Lipinski definition) is 7. The Kier molecular flexibility index (Phi) is 6.62. The third-order valence-corrected chi connectivity index (χ3v) is 5.61. The van der Waals surface area contributed by atoms with Crippen LogP contribution >= 0.6 is 0 Å². The Hall–Kier alpha value is -3.10. The van der Waals surface area contributed by atoms with Crippen molar-refractivity contribution in [1.82, 2.24) is 9.80 Å². The van der Waals surface area contributed by atoms with Gasteiger partial charge in [-0.05, 0) is 50.2 Å². The number of aliphatic hydroxyl groups is 1. The number of carbonyl (C=O) groups is 2. The molecule has 8 heteroatoms. The molecule has 2 aliphatic rings. The van der Waals surface area contributed by atoms with Crippen LogP contribution in [0.2, 0.25) is 0 Å². The molecule has 8 nitrogen and oxygen atoms in total. The van der Waals surface area contributed by atoms with Crippen molar-refractivity contribution in [2.45, 2.75) is 26.0 Å². The minimum Gasteiger partial charge on any atom is -0.507 e. The van der Waals surface area contributed by atoms with Crippen molar-refractivity contribution < 1.29 is 28.6 Å². The topological polar surface area (TPSA) is 92.5 Å². The highest BCUT2D eigenvalue weighted by molar-refractivity contribution is 6.46. The molecule has 0 aliphatic carbocycles. The van der Waals surface area contributed by atoms with Gasteiger partial charge in [-0.15, -0.1) is 0 Å². The summed E-state index contributed by atoms with van der Waals surface area (Å²) in [5, 5.41) is 11.1. The molecule has 0 spiro atoms. The summed E-state index contributed by atoms with van der Waals surface area (Å²) in [6, 6.07) is 9.44. The standard InChI is InChI=1S/C24H28N2O6/c1-16(2)32-18-7-5-17(6-8-18)22(27)20-21(19-4-3-13-31-19)26(24(29)23(20)28)10-9-25-11-14-30-15-12-25/h3-8,13,16,21,27H,9-12,14-15H2,1-2H3. The quantitative estimate of drug-likeness (QED) is 0.402. The van der Waals surface area contributed by atoms with Crippen LogP contribution in [-0.2, 0) is 14.3 Å².